The Kier molecular flexibility index (Phi) is 6.03. The number of likely N-dealkylation sites (tertiary alicyclic amines) is 1. The van der Waals surface area contributed by atoms with Crippen LogP contribution < -0.4 is 10.5 Å². The lowest BCUT2D eigenvalue weighted by Crippen LogP contribution is -2.42. The molecule has 0 spiro atoms. The standard InChI is InChI=1S/C17H28N2O2/c1-13(2)21-15-8-6-14(7-9-15)17(18)12-19-10-4-5-16(11-19)20-3/h6-9,13,16-17H,4-5,10-12,18H2,1-3H3. The maximum absolute atomic E-state index is 6.34. The molecule has 2 N–H and O–H groups in total. The average molecular weight is 292 g/mol. The Bertz CT molecular complexity index is 419. The summed E-state index contributed by atoms with van der Waals surface area (Å²) in [6.07, 6.45) is 2.90. The molecule has 1 aliphatic rings. The first-order chi connectivity index (χ1) is 10.1. The molecule has 1 aliphatic heterocycles. The van der Waals surface area contributed by atoms with Gasteiger partial charge in [-0.3, -0.25) is 4.90 Å². The molecule has 2 atom stereocenters. The van der Waals surface area contributed by atoms with E-state index in [9.17, 15) is 0 Å². The van der Waals surface area contributed by atoms with Crippen molar-refractivity contribution in [2.24, 2.45) is 5.73 Å². The van der Waals surface area contributed by atoms with Gasteiger partial charge in [0, 0.05) is 26.2 Å². The molecule has 0 aromatic heterocycles. The number of ether oxygens (including phenoxy) is 2. The van der Waals surface area contributed by atoms with E-state index >= 15 is 0 Å². The van der Waals surface area contributed by atoms with Crippen molar-refractivity contribution in [3.8, 4) is 5.75 Å². The van der Waals surface area contributed by atoms with Gasteiger partial charge in [0.25, 0.3) is 0 Å². The van der Waals surface area contributed by atoms with Crippen molar-refractivity contribution in [1.82, 2.24) is 4.90 Å². The molecule has 0 saturated carbocycles. The van der Waals surface area contributed by atoms with Gasteiger partial charge < -0.3 is 15.2 Å². The zero-order valence-corrected chi connectivity index (χ0v) is 13.4. The molecule has 1 saturated heterocycles. The first kappa shape index (κ1) is 16.3. The van der Waals surface area contributed by atoms with Crippen molar-refractivity contribution in [3.05, 3.63) is 29.8 Å². The van der Waals surface area contributed by atoms with Gasteiger partial charge in [0.05, 0.1) is 12.2 Å². The minimum absolute atomic E-state index is 0.0358. The SMILES string of the molecule is COC1CCCN(CC(N)c2ccc(OC(C)C)cc2)C1. The number of hydrogen-bond acceptors (Lipinski definition) is 4. The van der Waals surface area contributed by atoms with Crippen LogP contribution in [0.5, 0.6) is 5.75 Å². The van der Waals surface area contributed by atoms with Crippen LogP contribution in [0.2, 0.25) is 0 Å². The Morgan fingerprint density at radius 2 is 2.00 bits per heavy atom. The van der Waals surface area contributed by atoms with E-state index in [0.29, 0.717) is 6.10 Å². The Balaban J connectivity index is 1.89. The van der Waals surface area contributed by atoms with Crippen LogP contribution >= 0.6 is 0 Å². The third-order valence-electron chi connectivity index (χ3n) is 3.93. The second-order valence-electron chi connectivity index (χ2n) is 6.10. The predicted molar refractivity (Wildman–Crippen MR) is 85.6 cm³/mol. The first-order valence-corrected chi connectivity index (χ1v) is 7.86. The fourth-order valence-electron chi connectivity index (χ4n) is 2.82. The molecule has 1 aromatic rings. The van der Waals surface area contributed by atoms with Crippen LogP contribution in [0.4, 0.5) is 0 Å². The van der Waals surface area contributed by atoms with Gasteiger partial charge >= 0.3 is 0 Å². The smallest absolute Gasteiger partial charge is 0.119 e. The molecule has 0 radical (unpaired) electrons. The van der Waals surface area contributed by atoms with E-state index < -0.39 is 0 Å². The Morgan fingerprint density at radius 1 is 1.29 bits per heavy atom. The van der Waals surface area contributed by atoms with Gasteiger partial charge in [0.2, 0.25) is 0 Å². The summed E-state index contributed by atoms with van der Waals surface area (Å²) >= 11 is 0. The highest BCUT2D eigenvalue weighted by Crippen LogP contribution is 2.20. The van der Waals surface area contributed by atoms with E-state index in [2.05, 4.69) is 17.0 Å². The molecule has 4 nitrogen and oxygen atoms in total. The second kappa shape index (κ2) is 7.78. The van der Waals surface area contributed by atoms with Crippen LogP contribution in [0.1, 0.15) is 38.3 Å². The summed E-state index contributed by atoms with van der Waals surface area (Å²) in [6, 6.07) is 8.18. The number of rotatable bonds is 6. The average Bonchev–Trinajstić information content (AvgIpc) is 2.47. The highest BCUT2D eigenvalue weighted by atomic mass is 16.5. The highest BCUT2D eigenvalue weighted by Gasteiger charge is 2.21. The Morgan fingerprint density at radius 3 is 2.62 bits per heavy atom. The largest absolute Gasteiger partial charge is 0.491 e. The lowest BCUT2D eigenvalue weighted by molar-refractivity contribution is 0.0294. The molecule has 0 bridgehead atoms. The molecule has 4 heteroatoms. The summed E-state index contributed by atoms with van der Waals surface area (Å²) in [5, 5.41) is 0. The maximum atomic E-state index is 6.34. The maximum Gasteiger partial charge on any atom is 0.119 e. The lowest BCUT2D eigenvalue weighted by Gasteiger charge is -2.33. The molecule has 118 valence electrons. The molecule has 21 heavy (non-hydrogen) atoms. The zero-order chi connectivity index (χ0) is 15.2. The number of methoxy groups -OCH3 is 1. The second-order valence-corrected chi connectivity index (χ2v) is 6.10. The van der Waals surface area contributed by atoms with Crippen molar-refractivity contribution in [2.45, 2.75) is 44.9 Å². The van der Waals surface area contributed by atoms with Gasteiger partial charge in [0.15, 0.2) is 0 Å². The molecule has 0 amide bonds. The highest BCUT2D eigenvalue weighted by molar-refractivity contribution is 5.29. The van der Waals surface area contributed by atoms with Crippen LogP contribution in [0.25, 0.3) is 0 Å². The number of hydrogen-bond donors (Lipinski definition) is 1. The minimum Gasteiger partial charge on any atom is -0.491 e. The number of benzene rings is 1. The molecule has 0 aliphatic carbocycles. The van der Waals surface area contributed by atoms with E-state index in [-0.39, 0.29) is 12.1 Å². The molecule has 1 heterocycles. The van der Waals surface area contributed by atoms with Gasteiger partial charge in [0.1, 0.15) is 5.75 Å². The van der Waals surface area contributed by atoms with E-state index in [0.717, 1.165) is 37.4 Å². The molecule has 1 fully saturated rings. The predicted octanol–water partition coefficient (Wildman–Crippen LogP) is 2.58. The summed E-state index contributed by atoms with van der Waals surface area (Å²) in [5.74, 6) is 0.901. The van der Waals surface area contributed by atoms with Crippen molar-refractivity contribution >= 4 is 0 Å². The monoisotopic (exact) mass is 292 g/mol. The van der Waals surface area contributed by atoms with Crippen LogP contribution in [0.15, 0.2) is 24.3 Å². The summed E-state index contributed by atoms with van der Waals surface area (Å²) in [5.41, 5.74) is 7.50. The number of piperidine rings is 1. The van der Waals surface area contributed by atoms with Crippen molar-refractivity contribution < 1.29 is 9.47 Å². The summed E-state index contributed by atoms with van der Waals surface area (Å²) in [4.78, 5) is 2.40. The number of nitrogens with zero attached hydrogens (tertiary/aromatic N) is 1. The summed E-state index contributed by atoms with van der Waals surface area (Å²) < 4.78 is 11.1. The van der Waals surface area contributed by atoms with E-state index in [1.807, 2.05) is 26.0 Å². The first-order valence-electron chi connectivity index (χ1n) is 7.86. The molecular formula is C17H28N2O2. The molecule has 1 aromatic carbocycles. The van der Waals surface area contributed by atoms with Gasteiger partial charge in [-0.25, -0.2) is 0 Å². The third kappa shape index (κ3) is 4.99. The van der Waals surface area contributed by atoms with Crippen molar-refractivity contribution in [3.63, 3.8) is 0 Å². The van der Waals surface area contributed by atoms with E-state index in [1.54, 1.807) is 7.11 Å². The Labute approximate surface area is 128 Å². The van der Waals surface area contributed by atoms with E-state index in [4.69, 9.17) is 15.2 Å². The zero-order valence-electron chi connectivity index (χ0n) is 13.4. The van der Waals surface area contributed by atoms with Gasteiger partial charge in [-0.2, -0.15) is 0 Å². The topological polar surface area (TPSA) is 47.7 Å². The fraction of sp³-hybridized carbons (Fsp3) is 0.647. The van der Waals surface area contributed by atoms with Gasteiger partial charge in [-0.15, -0.1) is 0 Å². The summed E-state index contributed by atoms with van der Waals surface area (Å²) in [7, 11) is 1.79. The van der Waals surface area contributed by atoms with Gasteiger partial charge in [-0.05, 0) is 50.9 Å². The fourth-order valence-corrected chi connectivity index (χ4v) is 2.82. The van der Waals surface area contributed by atoms with Crippen molar-refractivity contribution in [2.75, 3.05) is 26.7 Å². The number of nitrogens with two attached hydrogens (primary N) is 1. The molecular weight excluding hydrogens is 264 g/mol. The quantitative estimate of drug-likeness (QED) is 0.875. The normalized spacial score (nSPS) is 21.5. The molecule has 2 rings (SSSR count). The van der Waals surface area contributed by atoms with Crippen molar-refractivity contribution in [1.29, 1.82) is 0 Å². The van der Waals surface area contributed by atoms with Crippen LogP contribution in [-0.2, 0) is 4.74 Å². The summed E-state index contributed by atoms with van der Waals surface area (Å²) in [6.45, 7) is 7.04. The third-order valence-corrected chi connectivity index (χ3v) is 3.93. The van der Waals surface area contributed by atoms with Gasteiger partial charge in [-0.1, -0.05) is 12.1 Å². The van der Waals surface area contributed by atoms with Crippen LogP contribution in [0, 0.1) is 0 Å². The van der Waals surface area contributed by atoms with Crippen LogP contribution in [-0.4, -0.2) is 43.9 Å². The van der Waals surface area contributed by atoms with E-state index in [1.165, 1.54) is 6.42 Å². The minimum atomic E-state index is 0.0358. The molecule has 2 unspecified atom stereocenters. The lowest BCUT2D eigenvalue weighted by atomic mass is 10.0. The van der Waals surface area contributed by atoms with Crippen LogP contribution in [0.3, 0.4) is 0 Å². The Hall–Kier alpha value is -1.10.